The molecule has 1 aliphatic rings. The maximum atomic E-state index is 13.1. The standard InChI is InChI=1S/C19H23N5O4S/c1-11-6-7-16(17-15(11)9-20-22-17)21-19(25)14-5-4-8-24(10-14)29(26,27)18-12(2)23-28-13(18)3/h6-7,9,14H,4-5,8,10H2,1-3H3,(H,20,22)(H,21,25)/t14-/m0/s1. The molecule has 1 aliphatic heterocycles. The van der Waals surface area contributed by atoms with Crippen molar-refractivity contribution in [3.63, 3.8) is 0 Å². The van der Waals surface area contributed by atoms with Gasteiger partial charge in [-0.15, -0.1) is 0 Å². The van der Waals surface area contributed by atoms with Gasteiger partial charge in [-0.1, -0.05) is 11.2 Å². The van der Waals surface area contributed by atoms with Crippen LogP contribution in [-0.4, -0.2) is 47.1 Å². The highest BCUT2D eigenvalue weighted by Crippen LogP contribution is 2.29. The Morgan fingerprint density at radius 1 is 1.31 bits per heavy atom. The minimum Gasteiger partial charge on any atom is -0.360 e. The maximum absolute atomic E-state index is 13.1. The number of H-pyrrole nitrogens is 1. The van der Waals surface area contributed by atoms with Crippen LogP contribution in [0.2, 0.25) is 0 Å². The Labute approximate surface area is 168 Å². The molecular weight excluding hydrogens is 394 g/mol. The molecule has 10 heteroatoms. The second-order valence-corrected chi connectivity index (χ2v) is 9.31. The van der Waals surface area contributed by atoms with Crippen molar-refractivity contribution in [1.29, 1.82) is 0 Å². The van der Waals surface area contributed by atoms with E-state index in [9.17, 15) is 13.2 Å². The highest BCUT2D eigenvalue weighted by molar-refractivity contribution is 7.89. The fourth-order valence-electron chi connectivity index (χ4n) is 3.86. The van der Waals surface area contributed by atoms with Gasteiger partial charge in [0.2, 0.25) is 15.9 Å². The van der Waals surface area contributed by atoms with Gasteiger partial charge in [0.25, 0.3) is 0 Å². The summed E-state index contributed by atoms with van der Waals surface area (Å²) < 4.78 is 32.5. The van der Waals surface area contributed by atoms with E-state index in [1.807, 2.05) is 19.1 Å². The van der Waals surface area contributed by atoms with Crippen LogP contribution in [0.4, 0.5) is 5.69 Å². The number of sulfonamides is 1. The van der Waals surface area contributed by atoms with Crippen molar-refractivity contribution in [2.75, 3.05) is 18.4 Å². The Morgan fingerprint density at radius 2 is 2.10 bits per heavy atom. The first-order valence-corrected chi connectivity index (χ1v) is 10.9. The number of anilines is 1. The molecule has 0 spiro atoms. The number of aromatic amines is 1. The number of nitrogens with one attached hydrogen (secondary N) is 2. The number of aromatic nitrogens is 3. The lowest BCUT2D eigenvalue weighted by atomic mass is 9.98. The van der Waals surface area contributed by atoms with Gasteiger partial charge in [0.1, 0.15) is 10.6 Å². The molecule has 1 atom stereocenters. The van der Waals surface area contributed by atoms with E-state index in [2.05, 4.69) is 20.7 Å². The first kappa shape index (κ1) is 19.6. The molecule has 1 fully saturated rings. The summed E-state index contributed by atoms with van der Waals surface area (Å²) in [6.07, 6.45) is 2.95. The molecule has 0 bridgehead atoms. The van der Waals surface area contributed by atoms with Crippen molar-refractivity contribution >= 4 is 32.5 Å². The van der Waals surface area contributed by atoms with Crippen molar-refractivity contribution in [3.05, 3.63) is 35.3 Å². The Bertz CT molecular complexity index is 1160. The molecule has 0 saturated carbocycles. The lowest BCUT2D eigenvalue weighted by Crippen LogP contribution is -2.43. The molecule has 4 rings (SSSR count). The summed E-state index contributed by atoms with van der Waals surface area (Å²) in [6, 6.07) is 3.75. The van der Waals surface area contributed by atoms with Gasteiger partial charge >= 0.3 is 0 Å². The molecule has 9 nitrogen and oxygen atoms in total. The van der Waals surface area contributed by atoms with Gasteiger partial charge in [0, 0.05) is 18.5 Å². The second kappa shape index (κ2) is 7.27. The molecule has 3 heterocycles. The molecular formula is C19H23N5O4S. The highest BCUT2D eigenvalue weighted by Gasteiger charge is 2.36. The van der Waals surface area contributed by atoms with Crippen molar-refractivity contribution in [1.82, 2.24) is 19.7 Å². The van der Waals surface area contributed by atoms with Crippen molar-refractivity contribution in [3.8, 4) is 0 Å². The summed E-state index contributed by atoms with van der Waals surface area (Å²) in [5, 5.41) is 14.6. The summed E-state index contributed by atoms with van der Waals surface area (Å²) in [7, 11) is -3.77. The lowest BCUT2D eigenvalue weighted by molar-refractivity contribution is -0.120. The average Bonchev–Trinajstić information content (AvgIpc) is 3.32. The van der Waals surface area contributed by atoms with Gasteiger partial charge in [0.05, 0.1) is 23.3 Å². The van der Waals surface area contributed by atoms with E-state index >= 15 is 0 Å². The number of rotatable bonds is 4. The Hall–Kier alpha value is -2.72. The van der Waals surface area contributed by atoms with E-state index in [1.54, 1.807) is 20.0 Å². The van der Waals surface area contributed by atoms with Gasteiger partial charge < -0.3 is 9.84 Å². The fraction of sp³-hybridized carbons (Fsp3) is 0.421. The lowest BCUT2D eigenvalue weighted by Gasteiger charge is -2.31. The Kier molecular flexibility index (Phi) is 4.91. The molecule has 29 heavy (non-hydrogen) atoms. The summed E-state index contributed by atoms with van der Waals surface area (Å²) in [4.78, 5) is 13.0. The average molecular weight is 417 g/mol. The van der Waals surface area contributed by atoms with E-state index < -0.39 is 15.9 Å². The molecule has 0 aliphatic carbocycles. The number of hydrogen-bond acceptors (Lipinski definition) is 6. The zero-order valence-corrected chi connectivity index (χ0v) is 17.3. The smallest absolute Gasteiger partial charge is 0.248 e. The highest BCUT2D eigenvalue weighted by atomic mass is 32.2. The topological polar surface area (TPSA) is 121 Å². The van der Waals surface area contributed by atoms with Crippen LogP contribution < -0.4 is 5.32 Å². The predicted octanol–water partition coefficient (Wildman–Crippen LogP) is 2.52. The number of carbonyl (C=O) groups is 1. The number of benzene rings is 1. The monoisotopic (exact) mass is 417 g/mol. The van der Waals surface area contributed by atoms with Crippen LogP contribution in [0.1, 0.15) is 29.9 Å². The summed E-state index contributed by atoms with van der Waals surface area (Å²) in [6.45, 7) is 5.64. The molecule has 2 aromatic heterocycles. The number of piperidine rings is 1. The number of aryl methyl sites for hydroxylation is 3. The number of fused-ring (bicyclic) bond motifs is 1. The number of nitrogens with zero attached hydrogens (tertiary/aromatic N) is 3. The second-order valence-electron chi connectivity index (χ2n) is 7.43. The molecule has 2 N–H and O–H groups in total. The first-order valence-electron chi connectivity index (χ1n) is 9.45. The van der Waals surface area contributed by atoms with E-state index in [-0.39, 0.29) is 23.1 Å². The summed E-state index contributed by atoms with van der Waals surface area (Å²) >= 11 is 0. The third-order valence-corrected chi connectivity index (χ3v) is 7.52. The molecule has 1 aromatic carbocycles. The zero-order chi connectivity index (χ0) is 20.8. The number of carbonyl (C=O) groups excluding carboxylic acids is 1. The van der Waals surface area contributed by atoms with E-state index in [0.29, 0.717) is 30.8 Å². The normalized spacial score (nSPS) is 18.2. The van der Waals surface area contributed by atoms with Crippen LogP contribution in [0.5, 0.6) is 0 Å². The Morgan fingerprint density at radius 3 is 2.83 bits per heavy atom. The molecule has 1 amide bonds. The molecule has 1 saturated heterocycles. The molecule has 3 aromatic rings. The van der Waals surface area contributed by atoms with E-state index in [0.717, 1.165) is 16.5 Å². The quantitative estimate of drug-likeness (QED) is 0.673. The summed E-state index contributed by atoms with van der Waals surface area (Å²) in [5.74, 6) is -0.392. The fourth-order valence-corrected chi connectivity index (χ4v) is 5.67. The number of hydrogen-bond donors (Lipinski definition) is 2. The third-order valence-electron chi connectivity index (χ3n) is 5.41. The van der Waals surface area contributed by atoms with Gasteiger partial charge in [-0.2, -0.15) is 9.40 Å². The van der Waals surface area contributed by atoms with Gasteiger partial charge in [-0.25, -0.2) is 8.42 Å². The predicted molar refractivity (Wildman–Crippen MR) is 107 cm³/mol. The van der Waals surface area contributed by atoms with E-state index in [4.69, 9.17) is 4.52 Å². The van der Waals surface area contributed by atoms with Crippen molar-refractivity contribution in [2.45, 2.75) is 38.5 Å². The summed E-state index contributed by atoms with van der Waals surface area (Å²) in [5.41, 5.74) is 2.78. The molecule has 0 unspecified atom stereocenters. The largest absolute Gasteiger partial charge is 0.360 e. The van der Waals surface area contributed by atoms with Gasteiger partial charge in [-0.3, -0.25) is 9.89 Å². The zero-order valence-electron chi connectivity index (χ0n) is 16.5. The van der Waals surface area contributed by atoms with Crippen molar-refractivity contribution in [2.24, 2.45) is 5.92 Å². The van der Waals surface area contributed by atoms with E-state index in [1.165, 1.54) is 4.31 Å². The minimum absolute atomic E-state index is 0.0938. The molecule has 154 valence electrons. The van der Waals surface area contributed by atoms with Crippen LogP contribution >= 0.6 is 0 Å². The van der Waals surface area contributed by atoms with Crippen LogP contribution in [0.25, 0.3) is 10.9 Å². The van der Waals surface area contributed by atoms with Gasteiger partial charge in [0.15, 0.2) is 5.76 Å². The van der Waals surface area contributed by atoms with Crippen LogP contribution in [0.3, 0.4) is 0 Å². The van der Waals surface area contributed by atoms with Crippen molar-refractivity contribution < 1.29 is 17.7 Å². The van der Waals surface area contributed by atoms with Crippen LogP contribution in [0, 0.1) is 26.7 Å². The SMILES string of the molecule is Cc1noc(C)c1S(=O)(=O)N1CCC[C@H](C(=O)Nc2ccc(C)c3cn[nH]c23)C1. The third kappa shape index (κ3) is 3.42. The molecule has 0 radical (unpaired) electrons. The first-order chi connectivity index (χ1) is 13.8. The minimum atomic E-state index is -3.77. The Balaban J connectivity index is 1.54. The van der Waals surface area contributed by atoms with Crippen LogP contribution in [0.15, 0.2) is 27.7 Å². The number of amides is 1. The van der Waals surface area contributed by atoms with Gasteiger partial charge in [-0.05, 0) is 45.2 Å². The van der Waals surface area contributed by atoms with Crippen LogP contribution in [-0.2, 0) is 14.8 Å². The maximum Gasteiger partial charge on any atom is 0.248 e.